The Balaban J connectivity index is 1.46. The molecule has 250 valence electrons. The number of fused-ring (bicyclic) bond motifs is 1. The molecule has 1 aliphatic rings. The van der Waals surface area contributed by atoms with Crippen LogP contribution in [0.4, 0.5) is 0 Å². The monoisotopic (exact) mass is 712 g/mol. The Hall–Kier alpha value is -4.63. The highest BCUT2D eigenvalue weighted by molar-refractivity contribution is 7.07. The highest BCUT2D eigenvalue weighted by Gasteiger charge is 2.35. The Bertz CT molecular complexity index is 2220. The molecule has 4 aromatic carbocycles. The minimum atomic E-state index is -0.749. The van der Waals surface area contributed by atoms with E-state index < -0.39 is 12.0 Å². The van der Waals surface area contributed by atoms with Crippen LogP contribution in [0.5, 0.6) is 11.5 Å². The first-order valence-corrected chi connectivity index (χ1v) is 17.4. The summed E-state index contributed by atoms with van der Waals surface area (Å²) in [6.07, 6.45) is 1.80. The van der Waals surface area contributed by atoms with E-state index in [-0.39, 0.29) is 18.8 Å². The molecule has 49 heavy (non-hydrogen) atoms. The number of carbonyl (C=O) groups is 1. The molecule has 0 saturated heterocycles. The molecule has 6 rings (SSSR count). The van der Waals surface area contributed by atoms with Crippen LogP contribution in [0.2, 0.25) is 10.0 Å². The van der Waals surface area contributed by atoms with Crippen LogP contribution in [0, 0.1) is 0 Å². The molecule has 10 heteroatoms. The molecule has 0 saturated carbocycles. The standard InChI is InChI=1S/C39H34Cl2N2O5S/c1-5-47-38(45)34-35(27-9-7-6-8-10-27)42-39-43(36(34)28-15-13-26(14-16-28)23(2)3)37(44)33(49-39)21-24-12-18-31(32(20-24)46-4)48-22-25-11-17-29(40)30(41)19-25/h6-21,23,36H,5,22H2,1-4H3/b33-21-/t36-/m1/s1. The number of hydrogen-bond donors (Lipinski definition) is 0. The molecule has 0 fully saturated rings. The fraction of sp³-hybridized carbons (Fsp3) is 0.205. The fourth-order valence-corrected chi connectivity index (χ4v) is 6.98. The summed E-state index contributed by atoms with van der Waals surface area (Å²) >= 11 is 13.5. The first-order chi connectivity index (χ1) is 23.7. The highest BCUT2D eigenvalue weighted by atomic mass is 35.5. The van der Waals surface area contributed by atoms with Gasteiger partial charge >= 0.3 is 5.97 Å². The van der Waals surface area contributed by atoms with E-state index in [1.807, 2.05) is 72.8 Å². The lowest BCUT2D eigenvalue weighted by molar-refractivity contribution is -0.138. The second-order valence-electron chi connectivity index (χ2n) is 11.7. The van der Waals surface area contributed by atoms with Crippen molar-refractivity contribution in [3.8, 4) is 11.5 Å². The predicted molar refractivity (Wildman–Crippen MR) is 195 cm³/mol. The van der Waals surface area contributed by atoms with Crippen molar-refractivity contribution in [2.75, 3.05) is 13.7 Å². The lowest BCUT2D eigenvalue weighted by Crippen LogP contribution is -2.40. The van der Waals surface area contributed by atoms with E-state index in [0.717, 1.165) is 27.8 Å². The van der Waals surface area contributed by atoms with Crippen LogP contribution in [0.15, 0.2) is 106 Å². The van der Waals surface area contributed by atoms with E-state index in [1.165, 1.54) is 11.3 Å². The third-order valence-electron chi connectivity index (χ3n) is 8.16. The van der Waals surface area contributed by atoms with Crippen molar-refractivity contribution in [1.29, 1.82) is 0 Å². The van der Waals surface area contributed by atoms with Gasteiger partial charge in [-0.15, -0.1) is 0 Å². The molecular weight excluding hydrogens is 679 g/mol. The SMILES string of the molecule is CCOC(=O)C1=C(c2ccccc2)N=c2s/c(=C\c3ccc(OCc4ccc(Cl)c(Cl)c4)c(OC)c3)c(=O)n2[C@@H]1c1ccc(C(C)C)cc1. The third kappa shape index (κ3) is 7.22. The van der Waals surface area contributed by atoms with E-state index in [0.29, 0.717) is 48.1 Å². The van der Waals surface area contributed by atoms with Gasteiger partial charge in [0.25, 0.3) is 5.56 Å². The molecule has 1 aromatic heterocycles. The van der Waals surface area contributed by atoms with Gasteiger partial charge in [0.05, 0.1) is 45.6 Å². The molecular formula is C39H34Cl2N2O5S. The number of halogens is 2. The van der Waals surface area contributed by atoms with Gasteiger partial charge in [-0.25, -0.2) is 9.79 Å². The van der Waals surface area contributed by atoms with Crippen LogP contribution in [0.3, 0.4) is 0 Å². The third-order valence-corrected chi connectivity index (χ3v) is 9.88. The molecule has 0 amide bonds. The van der Waals surface area contributed by atoms with Gasteiger partial charge in [-0.1, -0.05) is 115 Å². The molecule has 0 aliphatic carbocycles. The number of thiazole rings is 1. The highest BCUT2D eigenvalue weighted by Crippen LogP contribution is 2.36. The van der Waals surface area contributed by atoms with Gasteiger partial charge in [0.1, 0.15) is 6.61 Å². The number of methoxy groups -OCH3 is 1. The number of hydrogen-bond acceptors (Lipinski definition) is 7. The number of benzene rings is 4. The van der Waals surface area contributed by atoms with E-state index in [1.54, 1.807) is 42.9 Å². The molecule has 2 heterocycles. The average Bonchev–Trinajstić information content (AvgIpc) is 3.42. The number of ether oxygens (including phenoxy) is 3. The summed E-state index contributed by atoms with van der Waals surface area (Å²) in [7, 11) is 1.56. The molecule has 0 unspecified atom stereocenters. The number of nitrogens with zero attached hydrogens (tertiary/aromatic N) is 2. The lowest BCUT2D eigenvalue weighted by atomic mass is 9.91. The smallest absolute Gasteiger partial charge is 0.338 e. The number of aromatic nitrogens is 1. The van der Waals surface area contributed by atoms with Gasteiger partial charge in [0, 0.05) is 5.56 Å². The van der Waals surface area contributed by atoms with Crippen molar-refractivity contribution < 1.29 is 19.0 Å². The summed E-state index contributed by atoms with van der Waals surface area (Å²) in [5, 5.41) is 0.924. The van der Waals surface area contributed by atoms with Gasteiger partial charge in [0.2, 0.25) is 0 Å². The Morgan fingerprint density at radius 1 is 0.959 bits per heavy atom. The van der Waals surface area contributed by atoms with Crippen molar-refractivity contribution in [2.45, 2.75) is 39.3 Å². The van der Waals surface area contributed by atoms with Gasteiger partial charge in [-0.2, -0.15) is 0 Å². The van der Waals surface area contributed by atoms with Gasteiger partial charge in [-0.05, 0) is 65.4 Å². The van der Waals surface area contributed by atoms with Crippen LogP contribution in [-0.4, -0.2) is 24.3 Å². The molecule has 1 aliphatic heterocycles. The van der Waals surface area contributed by atoms with Gasteiger partial charge < -0.3 is 14.2 Å². The van der Waals surface area contributed by atoms with Crippen molar-refractivity contribution in [2.24, 2.45) is 4.99 Å². The van der Waals surface area contributed by atoms with E-state index in [4.69, 9.17) is 42.4 Å². The minimum Gasteiger partial charge on any atom is -0.493 e. The Labute approximate surface area is 298 Å². The van der Waals surface area contributed by atoms with Crippen LogP contribution in [0.25, 0.3) is 11.8 Å². The summed E-state index contributed by atoms with van der Waals surface area (Å²) in [6, 6.07) is 27.6. The second-order valence-corrected chi connectivity index (χ2v) is 13.5. The fourth-order valence-electron chi connectivity index (χ4n) is 5.65. The van der Waals surface area contributed by atoms with Crippen molar-refractivity contribution >= 4 is 52.3 Å². The van der Waals surface area contributed by atoms with Crippen LogP contribution >= 0.6 is 34.5 Å². The van der Waals surface area contributed by atoms with Crippen LogP contribution < -0.4 is 24.4 Å². The zero-order valence-corrected chi connectivity index (χ0v) is 29.7. The second kappa shape index (κ2) is 14.9. The summed E-state index contributed by atoms with van der Waals surface area (Å²) in [5.74, 6) is 0.837. The quantitative estimate of drug-likeness (QED) is 0.137. The van der Waals surface area contributed by atoms with Gasteiger partial charge in [-0.3, -0.25) is 9.36 Å². The molecule has 0 radical (unpaired) electrons. The predicted octanol–water partition coefficient (Wildman–Crippen LogP) is 7.95. The summed E-state index contributed by atoms with van der Waals surface area (Å²) < 4.78 is 19.3. The zero-order valence-electron chi connectivity index (χ0n) is 27.4. The largest absolute Gasteiger partial charge is 0.493 e. The number of rotatable bonds is 10. The average molecular weight is 714 g/mol. The Kier molecular flexibility index (Phi) is 10.4. The van der Waals surface area contributed by atoms with Gasteiger partial charge in [0.15, 0.2) is 16.3 Å². The summed E-state index contributed by atoms with van der Waals surface area (Å²) in [4.78, 5) is 33.5. The van der Waals surface area contributed by atoms with Crippen molar-refractivity contribution in [3.63, 3.8) is 0 Å². The Morgan fingerprint density at radius 2 is 1.71 bits per heavy atom. The van der Waals surface area contributed by atoms with Crippen molar-refractivity contribution in [3.05, 3.63) is 154 Å². The maximum atomic E-state index is 14.3. The molecule has 1 atom stereocenters. The molecule has 7 nitrogen and oxygen atoms in total. The topological polar surface area (TPSA) is 79.1 Å². The van der Waals surface area contributed by atoms with E-state index in [9.17, 15) is 9.59 Å². The lowest BCUT2D eigenvalue weighted by Gasteiger charge is -2.26. The van der Waals surface area contributed by atoms with E-state index in [2.05, 4.69) is 13.8 Å². The van der Waals surface area contributed by atoms with Crippen LogP contribution in [-0.2, 0) is 16.1 Å². The first kappa shape index (κ1) is 34.2. The van der Waals surface area contributed by atoms with E-state index >= 15 is 0 Å². The molecule has 0 spiro atoms. The summed E-state index contributed by atoms with van der Waals surface area (Å²) in [5.41, 5.74) is 4.81. The first-order valence-electron chi connectivity index (χ1n) is 15.8. The zero-order chi connectivity index (χ0) is 34.7. The normalized spacial score (nSPS) is 14.4. The maximum absolute atomic E-state index is 14.3. The number of carbonyl (C=O) groups excluding carboxylic acids is 1. The van der Waals surface area contributed by atoms with Crippen molar-refractivity contribution in [1.82, 2.24) is 4.57 Å². The maximum Gasteiger partial charge on any atom is 0.338 e. The number of esters is 1. The minimum absolute atomic E-state index is 0.183. The molecule has 5 aromatic rings. The van der Waals surface area contributed by atoms with Crippen LogP contribution in [0.1, 0.15) is 60.5 Å². The Morgan fingerprint density at radius 3 is 2.39 bits per heavy atom. The summed E-state index contributed by atoms with van der Waals surface area (Å²) in [6.45, 7) is 6.45. The molecule has 0 N–H and O–H groups in total. The molecule has 0 bridgehead atoms.